The van der Waals surface area contributed by atoms with Crippen LogP contribution in [-0.2, 0) is 4.74 Å². The minimum atomic E-state index is -0.506. The Balaban J connectivity index is 2.23. The lowest BCUT2D eigenvalue weighted by atomic mass is 10.2. The Labute approximate surface area is 120 Å². The Morgan fingerprint density at radius 2 is 2.00 bits per heavy atom. The van der Waals surface area contributed by atoms with Crippen LogP contribution in [0.4, 0.5) is 5.69 Å². The first-order valence-corrected chi connectivity index (χ1v) is 6.38. The summed E-state index contributed by atoms with van der Waals surface area (Å²) in [5, 5.41) is 2.61. The Kier molecular flexibility index (Phi) is 4.22. The minimum absolute atomic E-state index is 0.247. The number of aromatic amines is 2. The van der Waals surface area contributed by atoms with Crippen molar-refractivity contribution in [2.45, 2.75) is 13.8 Å². The average molecular weight is 289 g/mol. The Morgan fingerprint density at radius 1 is 1.24 bits per heavy atom. The van der Waals surface area contributed by atoms with Gasteiger partial charge < -0.3 is 20.0 Å². The first-order chi connectivity index (χ1) is 10.0. The van der Waals surface area contributed by atoms with Crippen LogP contribution in [0.15, 0.2) is 29.3 Å². The smallest absolute Gasteiger partial charge is 0.342 e. The van der Waals surface area contributed by atoms with Crippen LogP contribution >= 0.6 is 0 Å². The van der Waals surface area contributed by atoms with E-state index in [1.54, 1.807) is 13.8 Å². The van der Waals surface area contributed by atoms with E-state index in [1.165, 1.54) is 24.5 Å². The summed E-state index contributed by atoms with van der Waals surface area (Å²) in [6.45, 7) is 3.66. The van der Waals surface area contributed by atoms with Gasteiger partial charge in [-0.3, -0.25) is 9.59 Å². The van der Waals surface area contributed by atoms with Gasteiger partial charge in [0.2, 0.25) is 5.56 Å². The highest BCUT2D eigenvalue weighted by molar-refractivity contribution is 6.08. The van der Waals surface area contributed by atoms with Crippen molar-refractivity contribution in [3.05, 3.63) is 51.7 Å². The molecule has 1 amide bonds. The molecule has 0 saturated heterocycles. The van der Waals surface area contributed by atoms with E-state index < -0.39 is 11.9 Å². The number of ether oxygens (including phenoxy) is 1. The lowest BCUT2D eigenvalue weighted by molar-refractivity contribution is 0.0527. The summed E-state index contributed by atoms with van der Waals surface area (Å²) < 4.78 is 4.95. The molecule has 2 aromatic heterocycles. The van der Waals surface area contributed by atoms with E-state index in [0.717, 1.165) is 0 Å². The number of nitrogens with one attached hydrogen (secondary N) is 3. The highest BCUT2D eigenvalue weighted by Crippen LogP contribution is 2.21. The third-order valence-electron chi connectivity index (χ3n) is 2.85. The van der Waals surface area contributed by atoms with E-state index in [2.05, 4.69) is 15.3 Å². The molecule has 2 rings (SSSR count). The lowest BCUT2D eigenvalue weighted by Crippen LogP contribution is -2.16. The number of pyridine rings is 1. The molecule has 0 radical (unpaired) electrons. The Morgan fingerprint density at radius 3 is 2.62 bits per heavy atom. The van der Waals surface area contributed by atoms with Crippen LogP contribution in [0.2, 0.25) is 0 Å². The topological polar surface area (TPSA) is 104 Å². The number of carbonyl (C=O) groups is 2. The third-order valence-corrected chi connectivity index (χ3v) is 2.85. The monoisotopic (exact) mass is 289 g/mol. The van der Waals surface area contributed by atoms with Crippen LogP contribution in [0.3, 0.4) is 0 Å². The SMILES string of the molecule is CCOC(=O)c1c(NC(=O)c2ccc(=O)[nH]c2)c[nH]c1C. The third kappa shape index (κ3) is 3.19. The molecule has 0 aliphatic carbocycles. The van der Waals surface area contributed by atoms with Crippen molar-refractivity contribution >= 4 is 17.6 Å². The van der Waals surface area contributed by atoms with Crippen molar-refractivity contribution in [2.75, 3.05) is 11.9 Å². The number of amides is 1. The fourth-order valence-corrected chi connectivity index (χ4v) is 1.84. The molecule has 7 nitrogen and oxygen atoms in total. The quantitative estimate of drug-likeness (QED) is 0.741. The maximum atomic E-state index is 12.1. The summed E-state index contributed by atoms with van der Waals surface area (Å²) in [6, 6.07) is 2.65. The zero-order chi connectivity index (χ0) is 15.4. The van der Waals surface area contributed by atoms with Gasteiger partial charge in [0.15, 0.2) is 0 Å². The molecule has 0 aliphatic heterocycles. The number of aryl methyl sites for hydroxylation is 1. The average Bonchev–Trinajstić information content (AvgIpc) is 2.80. The highest BCUT2D eigenvalue weighted by Gasteiger charge is 2.19. The van der Waals surface area contributed by atoms with Crippen LogP contribution in [0, 0.1) is 6.92 Å². The van der Waals surface area contributed by atoms with E-state index in [1.807, 2.05) is 0 Å². The van der Waals surface area contributed by atoms with Crippen molar-refractivity contribution in [1.29, 1.82) is 0 Å². The Bertz CT molecular complexity index is 710. The molecule has 0 atom stereocenters. The van der Waals surface area contributed by atoms with Crippen LogP contribution in [0.1, 0.15) is 33.3 Å². The van der Waals surface area contributed by atoms with Crippen LogP contribution in [0.25, 0.3) is 0 Å². The predicted octanol–water partition coefficient (Wildman–Crippen LogP) is 1.44. The molecule has 21 heavy (non-hydrogen) atoms. The van der Waals surface area contributed by atoms with Crippen molar-refractivity contribution < 1.29 is 14.3 Å². The number of aromatic nitrogens is 2. The fourth-order valence-electron chi connectivity index (χ4n) is 1.84. The van der Waals surface area contributed by atoms with E-state index in [9.17, 15) is 14.4 Å². The zero-order valence-corrected chi connectivity index (χ0v) is 11.6. The zero-order valence-electron chi connectivity index (χ0n) is 11.6. The summed E-state index contributed by atoms with van der Waals surface area (Å²) in [4.78, 5) is 40.2. The molecule has 110 valence electrons. The van der Waals surface area contributed by atoms with Crippen LogP contribution in [0.5, 0.6) is 0 Å². The van der Waals surface area contributed by atoms with Crippen molar-refractivity contribution in [3.8, 4) is 0 Å². The number of esters is 1. The molecule has 3 N–H and O–H groups in total. The van der Waals surface area contributed by atoms with Gasteiger partial charge >= 0.3 is 5.97 Å². The number of hydrogen-bond acceptors (Lipinski definition) is 4. The second-order valence-corrected chi connectivity index (χ2v) is 4.32. The van der Waals surface area contributed by atoms with Crippen LogP contribution in [-0.4, -0.2) is 28.5 Å². The van der Waals surface area contributed by atoms with Gasteiger partial charge in [-0.1, -0.05) is 0 Å². The van der Waals surface area contributed by atoms with Gasteiger partial charge in [0.1, 0.15) is 5.56 Å². The number of H-pyrrole nitrogens is 2. The molecule has 0 aliphatic rings. The van der Waals surface area contributed by atoms with Crippen LogP contribution < -0.4 is 10.9 Å². The lowest BCUT2D eigenvalue weighted by Gasteiger charge is -2.07. The summed E-state index contributed by atoms with van der Waals surface area (Å²) >= 11 is 0. The van der Waals surface area contributed by atoms with Gasteiger partial charge in [-0.05, 0) is 19.9 Å². The molecule has 7 heteroatoms. The van der Waals surface area contributed by atoms with Gasteiger partial charge in [-0.15, -0.1) is 0 Å². The molecular formula is C14H15N3O4. The number of carbonyl (C=O) groups excluding carboxylic acids is 2. The van der Waals surface area contributed by atoms with E-state index in [0.29, 0.717) is 11.4 Å². The van der Waals surface area contributed by atoms with Gasteiger partial charge in [0.05, 0.1) is 17.9 Å². The van der Waals surface area contributed by atoms with E-state index in [-0.39, 0.29) is 23.3 Å². The summed E-state index contributed by atoms with van der Waals surface area (Å²) in [5.74, 6) is -0.941. The summed E-state index contributed by atoms with van der Waals surface area (Å²) in [5.41, 5.74) is 1.21. The van der Waals surface area contributed by atoms with Crippen molar-refractivity contribution in [3.63, 3.8) is 0 Å². The predicted molar refractivity (Wildman–Crippen MR) is 76.5 cm³/mol. The van der Waals surface area contributed by atoms with Gasteiger partial charge in [0, 0.05) is 24.2 Å². The fraction of sp³-hybridized carbons (Fsp3) is 0.214. The summed E-state index contributed by atoms with van der Waals surface area (Å²) in [6.07, 6.45) is 2.83. The number of anilines is 1. The first kappa shape index (κ1) is 14.6. The second-order valence-electron chi connectivity index (χ2n) is 4.32. The van der Waals surface area contributed by atoms with E-state index in [4.69, 9.17) is 4.74 Å². The minimum Gasteiger partial charge on any atom is -0.462 e. The summed E-state index contributed by atoms with van der Waals surface area (Å²) in [7, 11) is 0. The molecular weight excluding hydrogens is 274 g/mol. The van der Waals surface area contributed by atoms with Gasteiger partial charge in [0.25, 0.3) is 5.91 Å². The second kappa shape index (κ2) is 6.08. The molecule has 0 unspecified atom stereocenters. The maximum Gasteiger partial charge on any atom is 0.342 e. The standard InChI is InChI=1S/C14H15N3O4/c1-3-21-14(20)12-8(2)15-7-10(12)17-13(19)9-4-5-11(18)16-6-9/h4-7,15H,3H2,1-2H3,(H,16,18)(H,17,19). The van der Waals surface area contributed by atoms with Gasteiger partial charge in [-0.2, -0.15) is 0 Å². The highest BCUT2D eigenvalue weighted by atomic mass is 16.5. The van der Waals surface area contributed by atoms with E-state index >= 15 is 0 Å². The Hall–Kier alpha value is -2.83. The molecule has 0 fully saturated rings. The normalized spacial score (nSPS) is 10.2. The molecule has 2 aromatic rings. The number of rotatable bonds is 4. The maximum absolute atomic E-state index is 12.1. The molecule has 0 bridgehead atoms. The van der Waals surface area contributed by atoms with Crippen molar-refractivity contribution in [1.82, 2.24) is 9.97 Å². The molecule has 0 saturated carbocycles. The molecule has 2 heterocycles. The largest absolute Gasteiger partial charge is 0.462 e. The van der Waals surface area contributed by atoms with Crippen molar-refractivity contribution in [2.24, 2.45) is 0 Å². The number of hydrogen-bond donors (Lipinski definition) is 3. The molecule has 0 aromatic carbocycles. The van der Waals surface area contributed by atoms with Gasteiger partial charge in [-0.25, -0.2) is 4.79 Å². The molecule has 0 spiro atoms. The first-order valence-electron chi connectivity index (χ1n) is 6.38.